The first-order valence-corrected chi connectivity index (χ1v) is 5.58. The van der Waals surface area contributed by atoms with Crippen molar-refractivity contribution < 1.29 is 9.53 Å². The minimum atomic E-state index is -0.454. The van der Waals surface area contributed by atoms with Gasteiger partial charge in [-0.1, -0.05) is 17.7 Å². The topological polar surface area (TPSA) is 51.2 Å². The van der Waals surface area contributed by atoms with Crippen LogP contribution >= 0.6 is 0 Å². The lowest BCUT2D eigenvalue weighted by molar-refractivity contribution is 0.0595. The number of carbonyl (C=O) groups excluding carboxylic acids is 1. The van der Waals surface area contributed by atoms with Gasteiger partial charge in [0.2, 0.25) is 0 Å². The first-order valence-electron chi connectivity index (χ1n) is 5.58. The maximum absolute atomic E-state index is 11.6. The van der Waals surface area contributed by atoms with Crippen LogP contribution in [-0.2, 0) is 4.74 Å². The number of nitrogens with one attached hydrogen (secondary N) is 1. The molecule has 4 nitrogen and oxygen atoms in total. The number of methoxy groups -OCH3 is 1. The summed E-state index contributed by atoms with van der Waals surface area (Å²) in [5.74, 6) is -0.454. The minimum Gasteiger partial charge on any atom is -0.464 e. The molecule has 18 heavy (non-hydrogen) atoms. The van der Waals surface area contributed by atoms with Crippen molar-refractivity contribution in [3.63, 3.8) is 0 Å². The molecule has 0 radical (unpaired) electrons. The first kappa shape index (κ1) is 12.1. The lowest BCUT2D eigenvalue weighted by atomic mass is 10.2. The van der Waals surface area contributed by atoms with Crippen LogP contribution in [0.1, 0.15) is 16.1 Å². The predicted molar refractivity (Wildman–Crippen MR) is 70.0 cm³/mol. The number of aromatic nitrogens is 1. The van der Waals surface area contributed by atoms with Crippen molar-refractivity contribution in [2.45, 2.75) is 6.92 Å². The van der Waals surface area contributed by atoms with Gasteiger partial charge in [-0.25, -0.2) is 9.78 Å². The molecule has 1 N–H and O–H groups in total. The van der Waals surface area contributed by atoms with Crippen molar-refractivity contribution in [3.8, 4) is 0 Å². The molecule has 92 valence electrons. The van der Waals surface area contributed by atoms with Gasteiger partial charge in [-0.05, 0) is 31.2 Å². The monoisotopic (exact) mass is 242 g/mol. The van der Waals surface area contributed by atoms with Crippen LogP contribution in [0.4, 0.5) is 11.4 Å². The highest BCUT2D eigenvalue weighted by atomic mass is 16.5. The Kier molecular flexibility index (Phi) is 3.57. The molecular weight excluding hydrogens is 228 g/mol. The Hall–Kier alpha value is -2.36. The third kappa shape index (κ3) is 2.66. The van der Waals surface area contributed by atoms with Gasteiger partial charge < -0.3 is 10.1 Å². The molecule has 4 heteroatoms. The van der Waals surface area contributed by atoms with Gasteiger partial charge in [0.25, 0.3) is 0 Å². The largest absolute Gasteiger partial charge is 0.464 e. The van der Waals surface area contributed by atoms with Gasteiger partial charge in [0.05, 0.1) is 12.8 Å². The van der Waals surface area contributed by atoms with E-state index in [-0.39, 0.29) is 5.69 Å². The summed E-state index contributed by atoms with van der Waals surface area (Å²) in [6.45, 7) is 2.02. The lowest BCUT2D eigenvalue weighted by Crippen LogP contribution is -2.07. The Morgan fingerprint density at radius 3 is 2.61 bits per heavy atom. The molecule has 0 unspecified atom stereocenters. The molecule has 0 bridgehead atoms. The molecule has 2 rings (SSSR count). The Bertz CT molecular complexity index is 550. The van der Waals surface area contributed by atoms with Crippen molar-refractivity contribution in [2.24, 2.45) is 0 Å². The van der Waals surface area contributed by atoms with E-state index in [1.807, 2.05) is 31.2 Å². The number of ether oxygens (including phenoxy) is 1. The summed E-state index contributed by atoms with van der Waals surface area (Å²) >= 11 is 0. The molecule has 0 aliphatic rings. The summed E-state index contributed by atoms with van der Waals surface area (Å²) in [5.41, 5.74) is 2.99. The van der Waals surface area contributed by atoms with Crippen LogP contribution < -0.4 is 5.32 Å². The van der Waals surface area contributed by atoms with Crippen LogP contribution in [0, 0.1) is 6.92 Å². The zero-order valence-corrected chi connectivity index (χ0v) is 10.3. The fourth-order valence-electron chi connectivity index (χ4n) is 1.56. The summed E-state index contributed by atoms with van der Waals surface area (Å²) in [6.07, 6.45) is 1.56. The third-order valence-corrected chi connectivity index (χ3v) is 2.52. The zero-order valence-electron chi connectivity index (χ0n) is 10.3. The zero-order chi connectivity index (χ0) is 13.0. The average Bonchev–Trinajstić information content (AvgIpc) is 2.41. The van der Waals surface area contributed by atoms with Crippen molar-refractivity contribution in [1.29, 1.82) is 0 Å². The average molecular weight is 242 g/mol. The highest BCUT2D eigenvalue weighted by Gasteiger charge is 2.12. The van der Waals surface area contributed by atoms with Gasteiger partial charge in [0.1, 0.15) is 0 Å². The fraction of sp³-hybridized carbons (Fsp3) is 0.143. The van der Waals surface area contributed by atoms with E-state index >= 15 is 0 Å². The number of carbonyl (C=O) groups is 1. The fourth-order valence-corrected chi connectivity index (χ4v) is 1.56. The molecule has 0 saturated carbocycles. The van der Waals surface area contributed by atoms with E-state index in [4.69, 9.17) is 4.74 Å². The van der Waals surface area contributed by atoms with E-state index in [9.17, 15) is 4.79 Å². The highest BCUT2D eigenvalue weighted by molar-refractivity contribution is 5.94. The van der Waals surface area contributed by atoms with E-state index in [1.54, 1.807) is 18.3 Å². The molecule has 2 aromatic rings. The van der Waals surface area contributed by atoms with E-state index in [0.29, 0.717) is 5.69 Å². The number of esters is 1. The standard InChI is InChI=1S/C14H14N2O2/c1-10-5-7-11(8-6-10)16-12-4-3-9-15-13(12)14(17)18-2/h3-9,16H,1-2H3. The number of pyridine rings is 1. The predicted octanol–water partition coefficient (Wildman–Crippen LogP) is 2.92. The molecular formula is C14H14N2O2. The van der Waals surface area contributed by atoms with Crippen molar-refractivity contribution in [2.75, 3.05) is 12.4 Å². The van der Waals surface area contributed by atoms with Crippen LogP contribution in [0.2, 0.25) is 0 Å². The summed E-state index contributed by atoms with van der Waals surface area (Å²) in [7, 11) is 1.34. The highest BCUT2D eigenvalue weighted by Crippen LogP contribution is 2.20. The molecule has 1 heterocycles. The SMILES string of the molecule is COC(=O)c1ncccc1Nc1ccc(C)cc1. The molecule has 0 atom stereocenters. The van der Waals surface area contributed by atoms with Crippen molar-refractivity contribution in [3.05, 3.63) is 53.9 Å². The van der Waals surface area contributed by atoms with Gasteiger partial charge >= 0.3 is 5.97 Å². The van der Waals surface area contributed by atoms with E-state index in [1.165, 1.54) is 12.7 Å². The molecule has 0 aliphatic heterocycles. The number of rotatable bonds is 3. The van der Waals surface area contributed by atoms with Crippen LogP contribution in [0.3, 0.4) is 0 Å². The second-order valence-corrected chi connectivity index (χ2v) is 3.88. The van der Waals surface area contributed by atoms with Gasteiger partial charge in [0, 0.05) is 11.9 Å². The van der Waals surface area contributed by atoms with Crippen LogP contribution in [-0.4, -0.2) is 18.1 Å². The number of hydrogen-bond donors (Lipinski definition) is 1. The Balaban J connectivity index is 2.28. The van der Waals surface area contributed by atoms with Gasteiger partial charge in [-0.2, -0.15) is 0 Å². The van der Waals surface area contributed by atoms with Crippen LogP contribution in [0.15, 0.2) is 42.6 Å². The van der Waals surface area contributed by atoms with Gasteiger partial charge in [-0.15, -0.1) is 0 Å². The van der Waals surface area contributed by atoms with E-state index in [0.717, 1.165) is 5.69 Å². The molecule has 1 aromatic carbocycles. The second kappa shape index (κ2) is 5.31. The number of aryl methyl sites for hydroxylation is 1. The molecule has 1 aromatic heterocycles. The molecule has 0 fully saturated rings. The van der Waals surface area contributed by atoms with Gasteiger partial charge in [-0.3, -0.25) is 0 Å². The summed E-state index contributed by atoms with van der Waals surface area (Å²) in [6, 6.07) is 11.4. The lowest BCUT2D eigenvalue weighted by Gasteiger charge is -2.09. The smallest absolute Gasteiger partial charge is 0.358 e. The van der Waals surface area contributed by atoms with Gasteiger partial charge in [0.15, 0.2) is 5.69 Å². The number of hydrogen-bond acceptors (Lipinski definition) is 4. The summed E-state index contributed by atoms with van der Waals surface area (Å²) < 4.78 is 4.69. The quantitative estimate of drug-likeness (QED) is 0.841. The number of benzene rings is 1. The molecule has 0 aliphatic carbocycles. The third-order valence-electron chi connectivity index (χ3n) is 2.52. The molecule has 0 saturated heterocycles. The second-order valence-electron chi connectivity index (χ2n) is 3.88. The maximum atomic E-state index is 11.6. The summed E-state index contributed by atoms with van der Waals surface area (Å²) in [4.78, 5) is 15.6. The number of nitrogens with zero attached hydrogens (tertiary/aromatic N) is 1. The normalized spacial score (nSPS) is 9.89. The van der Waals surface area contributed by atoms with Crippen molar-refractivity contribution in [1.82, 2.24) is 4.98 Å². The van der Waals surface area contributed by atoms with Crippen LogP contribution in [0.5, 0.6) is 0 Å². The Labute approximate surface area is 106 Å². The van der Waals surface area contributed by atoms with E-state index < -0.39 is 5.97 Å². The molecule has 0 amide bonds. The summed E-state index contributed by atoms with van der Waals surface area (Å²) in [5, 5.41) is 3.15. The Morgan fingerprint density at radius 2 is 1.94 bits per heavy atom. The van der Waals surface area contributed by atoms with E-state index in [2.05, 4.69) is 10.3 Å². The van der Waals surface area contributed by atoms with Crippen LogP contribution in [0.25, 0.3) is 0 Å². The Morgan fingerprint density at radius 1 is 1.22 bits per heavy atom. The van der Waals surface area contributed by atoms with Crippen molar-refractivity contribution >= 4 is 17.3 Å². The maximum Gasteiger partial charge on any atom is 0.358 e. The number of anilines is 2. The minimum absolute atomic E-state index is 0.278. The molecule has 0 spiro atoms. The first-order chi connectivity index (χ1) is 8.70.